The predicted molar refractivity (Wildman–Crippen MR) is 157 cm³/mol. The molecule has 0 saturated heterocycles. The van der Waals surface area contributed by atoms with E-state index < -0.39 is 89.5 Å². The zero-order chi connectivity index (χ0) is 38.3. The number of nitrogens with zero attached hydrogens (tertiary/aromatic N) is 4. The summed E-state index contributed by atoms with van der Waals surface area (Å²) in [6.07, 6.45) is -17.4. The van der Waals surface area contributed by atoms with Crippen LogP contribution in [-0.4, -0.2) is 62.7 Å². The van der Waals surface area contributed by atoms with E-state index in [0.717, 1.165) is 12.4 Å². The Bertz CT molecular complexity index is 1890. The van der Waals surface area contributed by atoms with Crippen LogP contribution in [0.15, 0.2) is 49.3 Å². The third-order valence-corrected chi connectivity index (χ3v) is 8.14. The highest BCUT2D eigenvalue weighted by atomic mass is 35.5. The van der Waals surface area contributed by atoms with E-state index in [9.17, 15) is 58.8 Å². The number of rotatable bonds is 12. The van der Waals surface area contributed by atoms with Crippen LogP contribution >= 0.6 is 23.2 Å². The number of alkyl halides is 10. The number of carbonyl (C=O) groups excluding carboxylic acids is 1. The van der Waals surface area contributed by atoms with Crippen molar-refractivity contribution in [1.29, 1.82) is 5.26 Å². The van der Waals surface area contributed by atoms with Crippen LogP contribution in [0.2, 0.25) is 10.0 Å². The second-order valence-corrected chi connectivity index (χ2v) is 11.7. The van der Waals surface area contributed by atoms with Gasteiger partial charge in [-0.2, -0.15) is 36.7 Å². The molecule has 0 amide bonds. The molecular weight excluding hydrogens is 757 g/mol. The molecule has 0 aliphatic heterocycles. The van der Waals surface area contributed by atoms with Crippen molar-refractivity contribution in [3.63, 3.8) is 0 Å². The predicted octanol–water partition coefficient (Wildman–Crippen LogP) is 8.73. The van der Waals surface area contributed by atoms with Gasteiger partial charge in [0.05, 0.1) is 30.1 Å². The van der Waals surface area contributed by atoms with Crippen LogP contribution < -0.4 is 4.74 Å². The molecular formula is C30H20Cl2F10N4O5. The minimum Gasteiger partial charge on any atom is -0.481 e. The molecule has 0 unspecified atom stereocenters. The first-order valence-corrected chi connectivity index (χ1v) is 14.7. The van der Waals surface area contributed by atoms with Crippen molar-refractivity contribution >= 4 is 40.8 Å². The highest BCUT2D eigenvalue weighted by Gasteiger charge is 2.73. The fraction of sp³-hybridized carbons (Fsp3) is 0.333. The lowest BCUT2D eigenvalue weighted by Crippen LogP contribution is -2.50. The van der Waals surface area contributed by atoms with Crippen LogP contribution in [-0.2, 0) is 20.0 Å². The van der Waals surface area contributed by atoms with Crippen LogP contribution in [0.4, 0.5) is 43.9 Å². The van der Waals surface area contributed by atoms with Crippen molar-refractivity contribution in [1.82, 2.24) is 14.7 Å². The van der Waals surface area contributed by atoms with Gasteiger partial charge in [0, 0.05) is 33.6 Å². The third kappa shape index (κ3) is 8.12. The number of aliphatic carboxylic acids is 1. The molecule has 1 saturated carbocycles. The fourth-order valence-electron chi connectivity index (χ4n) is 4.79. The summed E-state index contributed by atoms with van der Waals surface area (Å²) in [6, 6.07) is 5.60. The van der Waals surface area contributed by atoms with Gasteiger partial charge in [-0.25, -0.2) is 9.07 Å². The summed E-state index contributed by atoms with van der Waals surface area (Å²) in [6.45, 7) is 3.43. The average Bonchev–Trinajstić information content (AvgIpc) is 3.65. The summed E-state index contributed by atoms with van der Waals surface area (Å²) in [5.74, 6) is -3.88. The lowest BCUT2D eigenvalue weighted by Gasteiger charge is -2.31. The highest BCUT2D eigenvalue weighted by Crippen LogP contribution is 2.55. The molecule has 1 fully saturated rings. The summed E-state index contributed by atoms with van der Waals surface area (Å²) >= 11 is 12.3. The van der Waals surface area contributed by atoms with Crippen LogP contribution in [0, 0.1) is 11.3 Å². The number of nitriles is 1. The van der Waals surface area contributed by atoms with Crippen molar-refractivity contribution in [2.24, 2.45) is 0 Å². The fourth-order valence-corrected chi connectivity index (χ4v) is 5.31. The number of halogens is 12. The maximum Gasteiger partial charge on any atom is 0.573 e. The van der Waals surface area contributed by atoms with Gasteiger partial charge in [0.25, 0.3) is 0 Å². The van der Waals surface area contributed by atoms with E-state index in [4.69, 9.17) is 33.0 Å². The van der Waals surface area contributed by atoms with Crippen molar-refractivity contribution in [3.05, 3.63) is 70.5 Å². The van der Waals surface area contributed by atoms with E-state index in [0.29, 0.717) is 17.5 Å². The van der Waals surface area contributed by atoms with Crippen LogP contribution in [0.25, 0.3) is 22.5 Å². The van der Waals surface area contributed by atoms with Gasteiger partial charge in [-0.05, 0) is 42.7 Å². The number of esters is 1. The third-order valence-electron chi connectivity index (χ3n) is 7.53. The first-order valence-electron chi connectivity index (χ1n) is 14.0. The molecule has 4 rings (SSSR count). The van der Waals surface area contributed by atoms with E-state index in [1.54, 1.807) is 0 Å². The van der Waals surface area contributed by atoms with Crippen LogP contribution in [0.5, 0.6) is 5.75 Å². The number of carbonyl (C=O) groups is 2. The Morgan fingerprint density at radius 1 is 0.980 bits per heavy atom. The summed E-state index contributed by atoms with van der Waals surface area (Å²) in [7, 11) is 0. The minimum atomic E-state index is -6.68. The van der Waals surface area contributed by atoms with E-state index in [-0.39, 0.29) is 33.5 Å². The molecule has 0 atom stereocenters. The summed E-state index contributed by atoms with van der Waals surface area (Å²) < 4.78 is 144. The molecule has 1 aliphatic carbocycles. The van der Waals surface area contributed by atoms with E-state index in [1.807, 2.05) is 0 Å². The lowest BCUT2D eigenvalue weighted by molar-refractivity contribution is -0.348. The Labute approximate surface area is 290 Å². The number of carboxylic acids is 1. The Morgan fingerprint density at radius 2 is 1.61 bits per heavy atom. The Kier molecular flexibility index (Phi) is 10.6. The SMILES string of the molecule is C=C(c1cc(-c2cnn(-c3c(Cl)cc(C(F)(C(F)(F)F)C(F)(F)F)cc3OC(F)(F)F)c2)ccc1Cl)N(COC(=O)CCC(=O)O)C1(C#N)CC1. The van der Waals surface area contributed by atoms with Crippen molar-refractivity contribution in [2.75, 3.05) is 6.73 Å². The average molecular weight is 777 g/mol. The quantitative estimate of drug-likeness (QED) is 0.110. The Morgan fingerprint density at radius 3 is 2.14 bits per heavy atom. The first kappa shape index (κ1) is 39.1. The zero-order valence-corrected chi connectivity index (χ0v) is 26.7. The molecule has 2 aromatic carbocycles. The Balaban J connectivity index is 1.74. The molecule has 0 radical (unpaired) electrons. The minimum absolute atomic E-state index is 0.0515. The maximum absolute atomic E-state index is 14.8. The van der Waals surface area contributed by atoms with Crippen LogP contribution in [0.3, 0.4) is 0 Å². The van der Waals surface area contributed by atoms with E-state index in [1.165, 1.54) is 23.1 Å². The molecule has 51 heavy (non-hydrogen) atoms. The summed E-state index contributed by atoms with van der Waals surface area (Å²) in [5, 5.41) is 21.2. The van der Waals surface area contributed by atoms with Gasteiger partial charge in [-0.15, -0.1) is 13.2 Å². The number of hydrogen-bond acceptors (Lipinski definition) is 7. The molecule has 1 heterocycles. The van der Waals surface area contributed by atoms with Gasteiger partial charge in [0.15, 0.2) is 12.5 Å². The van der Waals surface area contributed by atoms with Gasteiger partial charge in [0.1, 0.15) is 11.2 Å². The molecule has 9 nitrogen and oxygen atoms in total. The summed E-state index contributed by atoms with van der Waals surface area (Å²) in [4.78, 5) is 24.2. The Hall–Kier alpha value is -4.70. The standard InChI is InChI=1S/C30H20Cl2F10N4O5/c1-15(45(26(13-43)6-7-26)14-50-24(49)5-4-23(47)48)19-8-16(2-3-20(19)31)17-11-44-46(12-17)25-21(32)9-18(10-22(25)51-30(40,41)42)27(33,28(34,35)36)29(37,38)39/h2-3,8-12H,1,4-7,14H2,(H,47,48). The molecule has 1 aromatic heterocycles. The lowest BCUT2D eigenvalue weighted by atomic mass is 9.93. The summed E-state index contributed by atoms with van der Waals surface area (Å²) in [5.41, 5.74) is -10.2. The molecule has 21 heteroatoms. The smallest absolute Gasteiger partial charge is 0.481 e. The number of aromatic nitrogens is 2. The number of carboxylic acid groups (broad SMARTS) is 1. The van der Waals surface area contributed by atoms with E-state index >= 15 is 0 Å². The molecule has 274 valence electrons. The van der Waals surface area contributed by atoms with Crippen molar-refractivity contribution in [2.45, 2.75) is 55.6 Å². The second kappa shape index (κ2) is 13.8. The molecule has 0 spiro atoms. The monoisotopic (exact) mass is 776 g/mol. The van der Waals surface area contributed by atoms with Gasteiger partial charge >= 0.3 is 36.3 Å². The molecule has 3 aromatic rings. The number of hydrogen-bond donors (Lipinski definition) is 1. The van der Waals surface area contributed by atoms with Crippen molar-refractivity contribution in [3.8, 4) is 28.6 Å². The topological polar surface area (TPSA) is 118 Å². The van der Waals surface area contributed by atoms with Crippen LogP contribution in [0.1, 0.15) is 36.8 Å². The maximum atomic E-state index is 14.8. The van der Waals surface area contributed by atoms with Gasteiger partial charge in [0.2, 0.25) is 0 Å². The van der Waals surface area contributed by atoms with E-state index in [2.05, 4.69) is 22.5 Å². The van der Waals surface area contributed by atoms with Gasteiger partial charge < -0.3 is 19.5 Å². The van der Waals surface area contributed by atoms with Gasteiger partial charge in [-0.3, -0.25) is 9.59 Å². The molecule has 1 N–H and O–H groups in total. The number of benzene rings is 2. The normalized spacial score (nSPS) is 14.4. The first-order chi connectivity index (χ1) is 23.4. The van der Waals surface area contributed by atoms with Crippen molar-refractivity contribution < 1.29 is 68.1 Å². The zero-order valence-electron chi connectivity index (χ0n) is 25.2. The van der Waals surface area contributed by atoms with Gasteiger partial charge in [-0.1, -0.05) is 35.8 Å². The largest absolute Gasteiger partial charge is 0.573 e. The number of ether oxygens (including phenoxy) is 2. The second-order valence-electron chi connectivity index (χ2n) is 10.9. The molecule has 0 bridgehead atoms. The highest BCUT2D eigenvalue weighted by molar-refractivity contribution is 6.33. The molecule has 1 aliphatic rings.